The highest BCUT2D eigenvalue weighted by atomic mass is 32.2. The summed E-state index contributed by atoms with van der Waals surface area (Å²) in [4.78, 5) is 43.1. The monoisotopic (exact) mass is 1370 g/mol. The molecule has 0 amide bonds. The molecule has 4 heterocycles. The van der Waals surface area contributed by atoms with E-state index < -0.39 is 0 Å². The van der Waals surface area contributed by atoms with E-state index in [0.29, 0.717) is 22.9 Å². The summed E-state index contributed by atoms with van der Waals surface area (Å²) in [5, 5.41) is 1.97. The molecule has 2 aliphatic rings. The maximum atomic E-state index is 5.97. The summed E-state index contributed by atoms with van der Waals surface area (Å²) < 4.78 is 0. The first-order valence-corrected chi connectivity index (χ1v) is 38.1. The highest BCUT2D eigenvalue weighted by Crippen LogP contribution is 2.53. The lowest BCUT2D eigenvalue weighted by molar-refractivity contribution is -0.353. The first-order chi connectivity index (χ1) is 45.3. The van der Waals surface area contributed by atoms with Crippen LogP contribution in [0.15, 0.2) is 241 Å². The third kappa shape index (κ3) is 14.4. The van der Waals surface area contributed by atoms with Crippen molar-refractivity contribution in [3.05, 3.63) is 215 Å². The van der Waals surface area contributed by atoms with Crippen molar-refractivity contribution >= 4 is 92.6 Å². The van der Waals surface area contributed by atoms with Gasteiger partial charge in [0.1, 0.15) is 5.65 Å². The van der Waals surface area contributed by atoms with E-state index in [1.54, 1.807) is 70.6 Å². The summed E-state index contributed by atoms with van der Waals surface area (Å²) >= 11 is 10.6. The van der Waals surface area contributed by atoms with Crippen molar-refractivity contribution < 1.29 is 4.98 Å². The average molecular weight is 1370 g/mol. The smallest absolute Gasteiger partial charge is 0.272 e. The number of H-pyrrole nitrogens is 3. The van der Waals surface area contributed by atoms with Crippen molar-refractivity contribution in [3.63, 3.8) is 0 Å². The van der Waals surface area contributed by atoms with Gasteiger partial charge in [0.25, 0.3) is 5.82 Å². The summed E-state index contributed by atoms with van der Waals surface area (Å²) in [6, 6.07) is 68.3. The van der Waals surface area contributed by atoms with Crippen molar-refractivity contribution in [2.24, 2.45) is 0 Å². The number of aromatic nitrogens is 6. The standard InChI is InChI=1S/C84H86N6S6/c1-79(2,3)49-19-31-55(32-20-49)91-61-43-44-62(92-56-33-21-50(22-34-56)80(4,5)6)68-67(61)73-85-74(68)89-76-71-65(95-59-39-27-53(28-40-59)83(13,14)15)47-48-66(96-60-41-29-54(30-42-60)84(16,17)18)72(71)78(87-76)90-77-70-64(94-58-37-25-52(26-38-58)82(10,11)12)46-45-63(69(70)75(86-77)88-73)93-57-35-23-51(24-36-57)81(7,8)9/h19-48H,1-18H3,(H2,85,86,87,88,89,90)/p+1. The Kier molecular flexibility index (Phi) is 18.2. The van der Waals surface area contributed by atoms with Gasteiger partial charge in [0, 0.05) is 69.7 Å². The topological polar surface area (TPSA) is 84.4 Å². The lowest BCUT2D eigenvalue weighted by Crippen LogP contribution is -2.10. The number of aromatic amines is 3. The molecule has 488 valence electrons. The van der Waals surface area contributed by atoms with E-state index in [0.717, 1.165) is 103 Å². The molecule has 6 nitrogen and oxygen atoms in total. The Labute approximate surface area is 594 Å². The number of rotatable bonds is 12. The zero-order valence-corrected chi connectivity index (χ0v) is 63.5. The Morgan fingerprint density at radius 2 is 0.521 bits per heavy atom. The third-order valence-corrected chi connectivity index (χ3v) is 24.3. The van der Waals surface area contributed by atoms with Crippen LogP contribution < -0.4 is 4.98 Å². The van der Waals surface area contributed by atoms with Gasteiger partial charge in [-0.25, -0.2) is 9.97 Å². The average Bonchev–Trinajstić information content (AvgIpc) is 1.57. The molecule has 9 aromatic carbocycles. The number of nitrogens with zero attached hydrogens (tertiary/aromatic N) is 3. The first-order valence-electron chi connectivity index (χ1n) is 33.2. The molecule has 0 spiro atoms. The Morgan fingerprint density at radius 3 is 0.833 bits per heavy atom. The largest absolute Gasteiger partial charge is 0.310 e. The molecular formula is C84H87N6S6+. The lowest BCUT2D eigenvalue weighted by Gasteiger charge is -2.19. The van der Waals surface area contributed by atoms with Gasteiger partial charge in [0.15, 0.2) is 5.82 Å². The maximum Gasteiger partial charge on any atom is 0.272 e. The molecule has 2 aliphatic heterocycles. The van der Waals surface area contributed by atoms with Crippen LogP contribution >= 0.6 is 70.6 Å². The van der Waals surface area contributed by atoms with E-state index in [9.17, 15) is 0 Å². The molecule has 0 radical (unpaired) electrons. The fourth-order valence-corrected chi connectivity index (χ4v) is 17.8. The fraction of sp³-hybridized carbons (Fsp3) is 0.286. The Morgan fingerprint density at radius 1 is 0.260 bits per heavy atom. The molecule has 0 saturated carbocycles. The molecule has 96 heavy (non-hydrogen) atoms. The van der Waals surface area contributed by atoms with Crippen molar-refractivity contribution in [3.8, 4) is 45.6 Å². The second-order valence-corrected chi connectivity index (χ2v) is 38.2. The van der Waals surface area contributed by atoms with Crippen LogP contribution in [0.2, 0.25) is 0 Å². The molecule has 11 aromatic rings. The van der Waals surface area contributed by atoms with Gasteiger partial charge in [-0.3, -0.25) is 4.98 Å². The molecule has 0 aliphatic carbocycles. The number of hydrogen-bond acceptors (Lipinski definition) is 9. The Balaban J connectivity index is 1.13. The predicted octanol–water partition coefficient (Wildman–Crippen LogP) is 25.3. The maximum absolute atomic E-state index is 5.97. The van der Waals surface area contributed by atoms with E-state index in [1.165, 1.54) is 33.4 Å². The zero-order chi connectivity index (χ0) is 68.0. The molecule has 2 aromatic heterocycles. The van der Waals surface area contributed by atoms with Gasteiger partial charge in [-0.15, -0.1) is 0 Å². The molecule has 13 rings (SSSR count). The van der Waals surface area contributed by atoms with Crippen LogP contribution in [-0.4, -0.2) is 24.9 Å². The van der Waals surface area contributed by atoms with Gasteiger partial charge in [-0.1, -0.05) is 273 Å². The number of hydrogen-bond donors (Lipinski definition) is 2. The zero-order valence-electron chi connectivity index (χ0n) is 58.6. The van der Waals surface area contributed by atoms with E-state index in [-0.39, 0.29) is 32.5 Å². The van der Waals surface area contributed by atoms with Gasteiger partial charge in [0.2, 0.25) is 17.3 Å². The quantitative estimate of drug-likeness (QED) is 0.124. The van der Waals surface area contributed by atoms with Crippen LogP contribution in [0.3, 0.4) is 0 Å². The van der Waals surface area contributed by atoms with Crippen LogP contribution in [0.1, 0.15) is 158 Å². The van der Waals surface area contributed by atoms with Gasteiger partial charge in [0.05, 0.1) is 22.1 Å². The van der Waals surface area contributed by atoms with Gasteiger partial charge >= 0.3 is 0 Å². The third-order valence-electron chi connectivity index (χ3n) is 17.9. The molecule has 6 bridgehead atoms. The molecular weight excluding hydrogens is 1290 g/mol. The van der Waals surface area contributed by atoms with Crippen LogP contribution in [0.4, 0.5) is 0 Å². The summed E-state index contributed by atoms with van der Waals surface area (Å²) in [7, 11) is 0. The van der Waals surface area contributed by atoms with E-state index in [4.69, 9.17) is 15.0 Å². The van der Waals surface area contributed by atoms with Gasteiger partial charge in [-0.2, -0.15) is 4.98 Å². The van der Waals surface area contributed by atoms with Gasteiger partial charge < -0.3 is 4.98 Å². The number of fused-ring (bicyclic) bond motifs is 15. The minimum atomic E-state index is 0.00672. The highest BCUT2D eigenvalue weighted by molar-refractivity contribution is 8.01. The van der Waals surface area contributed by atoms with E-state index >= 15 is 0 Å². The predicted molar refractivity (Wildman–Crippen MR) is 411 cm³/mol. The van der Waals surface area contributed by atoms with Crippen molar-refractivity contribution in [2.45, 2.75) is 216 Å². The number of nitrogens with one attached hydrogen (secondary N) is 3. The normalized spacial score (nSPS) is 12.9. The van der Waals surface area contributed by atoms with Crippen LogP contribution in [-0.2, 0) is 32.5 Å². The van der Waals surface area contributed by atoms with E-state index in [2.05, 4.69) is 322 Å². The second-order valence-electron chi connectivity index (χ2n) is 31.5. The fourth-order valence-electron chi connectivity index (χ4n) is 12.1. The van der Waals surface area contributed by atoms with Crippen LogP contribution in [0, 0.1) is 0 Å². The summed E-state index contributed by atoms with van der Waals surface area (Å²) in [5.74, 6) is 2.85. The first kappa shape index (κ1) is 67.7. The van der Waals surface area contributed by atoms with Crippen molar-refractivity contribution in [1.29, 1.82) is 0 Å². The number of benzene rings is 9. The van der Waals surface area contributed by atoms with Crippen molar-refractivity contribution in [1.82, 2.24) is 24.9 Å². The second kappa shape index (κ2) is 25.8. The van der Waals surface area contributed by atoms with Crippen LogP contribution in [0.5, 0.6) is 0 Å². The van der Waals surface area contributed by atoms with E-state index in [1.807, 2.05) is 0 Å². The summed E-state index contributed by atoms with van der Waals surface area (Å²) in [6.07, 6.45) is 0. The SMILES string of the molecule is CC(C)(C)c1ccc(Sc2ccc(Sc3ccc(C(C)(C)C)cc3)c3c2-c2nc-3[nH]c3[nH+]c(nc4[nH]c(n2)c2c(Sc5ccc(C(C)(C)C)cc5)ccc(Sc5ccc(C(C)(C)C)cc5)c42)-c2c(Sc4ccc(C(C)(C)C)cc4)ccc(Sc4ccc(C(C)(C)C)cc4)c2-3)cc1. The molecule has 12 heteroatoms. The highest BCUT2D eigenvalue weighted by Gasteiger charge is 2.35. The minimum absolute atomic E-state index is 0.00672. The molecule has 0 fully saturated rings. The molecule has 0 saturated heterocycles. The molecule has 3 N–H and O–H groups in total. The Bertz CT molecular complexity index is 4560. The minimum Gasteiger partial charge on any atom is -0.310 e. The lowest BCUT2D eigenvalue weighted by atomic mass is 9.87. The van der Waals surface area contributed by atoms with Gasteiger partial charge in [-0.05, 0) is 175 Å². The summed E-state index contributed by atoms with van der Waals surface area (Å²) in [5.41, 5.74) is 13.2. The van der Waals surface area contributed by atoms with Crippen LogP contribution in [0.25, 0.3) is 67.6 Å². The summed E-state index contributed by atoms with van der Waals surface area (Å²) in [6.45, 7) is 40.9. The molecule has 0 unspecified atom stereocenters. The Hall–Kier alpha value is -6.90. The molecule has 0 atom stereocenters. The van der Waals surface area contributed by atoms with Crippen molar-refractivity contribution in [2.75, 3.05) is 0 Å².